The second kappa shape index (κ2) is 8.88. The first-order valence-corrected chi connectivity index (χ1v) is 9.12. The largest absolute Gasteiger partial charge is 0.351 e. The Morgan fingerprint density at radius 2 is 2.04 bits per heavy atom. The van der Waals surface area contributed by atoms with E-state index in [-0.39, 0.29) is 30.0 Å². The topological polar surface area (TPSA) is 84.3 Å². The molecule has 28 heavy (non-hydrogen) atoms. The van der Waals surface area contributed by atoms with Crippen molar-refractivity contribution in [3.05, 3.63) is 75.3 Å². The average molecular weight is 389 g/mol. The van der Waals surface area contributed by atoms with Crippen LogP contribution in [0, 0.1) is 21.7 Å². The van der Waals surface area contributed by atoms with Crippen LogP contribution in [0.2, 0.25) is 0 Å². The highest BCUT2D eigenvalue weighted by Crippen LogP contribution is 2.27. The highest BCUT2D eigenvalue weighted by Gasteiger charge is 2.28. The lowest BCUT2D eigenvalue weighted by atomic mass is 9.86. The van der Waals surface area contributed by atoms with E-state index in [0.29, 0.717) is 30.5 Å². The molecule has 2 aromatic carbocycles. The van der Waals surface area contributed by atoms with E-state index in [1.54, 1.807) is 18.2 Å². The van der Waals surface area contributed by atoms with Gasteiger partial charge in [-0.2, -0.15) is 0 Å². The quantitative estimate of drug-likeness (QED) is 0.587. The summed E-state index contributed by atoms with van der Waals surface area (Å²) in [5.74, 6) is -2.09. The minimum atomic E-state index is -0.896. The Morgan fingerprint density at radius 1 is 1.21 bits per heavy atom. The van der Waals surface area contributed by atoms with Crippen molar-refractivity contribution >= 4 is 11.6 Å². The number of nitro benzene ring substituents is 1. The van der Waals surface area contributed by atoms with Gasteiger partial charge in [-0.3, -0.25) is 14.9 Å². The molecule has 0 saturated carbocycles. The van der Waals surface area contributed by atoms with E-state index < -0.39 is 16.6 Å². The zero-order valence-corrected chi connectivity index (χ0v) is 15.2. The van der Waals surface area contributed by atoms with Crippen LogP contribution in [0.5, 0.6) is 0 Å². The molecule has 0 bridgehead atoms. The number of amides is 1. The number of rotatable bonds is 6. The summed E-state index contributed by atoms with van der Waals surface area (Å²) in [5.41, 5.74) is 1.36. The SMILES string of the molecule is O=C(CCc1cccc([N+](=O)[O-])c1)NC1CNCCC1c1ccc(F)c(F)c1. The molecule has 0 radical (unpaired) electrons. The van der Waals surface area contributed by atoms with Gasteiger partial charge in [0, 0.05) is 37.1 Å². The molecule has 1 aliphatic rings. The van der Waals surface area contributed by atoms with Crippen molar-refractivity contribution in [2.75, 3.05) is 13.1 Å². The van der Waals surface area contributed by atoms with Gasteiger partial charge in [-0.05, 0) is 42.6 Å². The fraction of sp³-hybridized carbons (Fsp3) is 0.350. The zero-order chi connectivity index (χ0) is 20.1. The zero-order valence-electron chi connectivity index (χ0n) is 15.2. The van der Waals surface area contributed by atoms with E-state index in [0.717, 1.165) is 12.6 Å². The van der Waals surface area contributed by atoms with Crippen molar-refractivity contribution < 1.29 is 18.5 Å². The van der Waals surface area contributed by atoms with Gasteiger partial charge in [-0.25, -0.2) is 8.78 Å². The molecule has 2 atom stereocenters. The van der Waals surface area contributed by atoms with Crippen LogP contribution < -0.4 is 10.6 Å². The summed E-state index contributed by atoms with van der Waals surface area (Å²) in [7, 11) is 0. The van der Waals surface area contributed by atoms with Crippen LogP contribution in [0.25, 0.3) is 0 Å². The van der Waals surface area contributed by atoms with Crippen molar-refractivity contribution in [1.29, 1.82) is 0 Å². The van der Waals surface area contributed by atoms with Gasteiger partial charge < -0.3 is 10.6 Å². The Kier molecular flexibility index (Phi) is 6.30. The highest BCUT2D eigenvalue weighted by atomic mass is 19.2. The van der Waals surface area contributed by atoms with E-state index in [1.807, 2.05) is 0 Å². The van der Waals surface area contributed by atoms with Gasteiger partial charge >= 0.3 is 0 Å². The smallest absolute Gasteiger partial charge is 0.269 e. The van der Waals surface area contributed by atoms with Gasteiger partial charge in [0.05, 0.1) is 4.92 Å². The van der Waals surface area contributed by atoms with Crippen molar-refractivity contribution in [2.45, 2.75) is 31.2 Å². The Bertz CT molecular complexity index is 876. The van der Waals surface area contributed by atoms with E-state index in [1.165, 1.54) is 18.2 Å². The van der Waals surface area contributed by atoms with Gasteiger partial charge in [0.15, 0.2) is 11.6 Å². The van der Waals surface area contributed by atoms with Crippen LogP contribution in [0.4, 0.5) is 14.5 Å². The van der Waals surface area contributed by atoms with Crippen molar-refractivity contribution in [3.8, 4) is 0 Å². The standard InChI is InChI=1S/C20H21F2N3O3/c21-17-6-5-14(11-18(17)22)16-8-9-23-12-19(16)24-20(26)7-4-13-2-1-3-15(10-13)25(27)28/h1-3,5-6,10-11,16,19,23H,4,7-9,12H2,(H,24,26). The van der Waals surface area contributed by atoms with Gasteiger partial charge in [0.2, 0.25) is 5.91 Å². The molecule has 8 heteroatoms. The van der Waals surface area contributed by atoms with Crippen molar-refractivity contribution in [1.82, 2.24) is 10.6 Å². The molecule has 1 saturated heterocycles. The Hall–Kier alpha value is -2.87. The lowest BCUT2D eigenvalue weighted by Gasteiger charge is -2.33. The van der Waals surface area contributed by atoms with Crippen LogP contribution in [-0.2, 0) is 11.2 Å². The number of non-ortho nitro benzene ring substituents is 1. The highest BCUT2D eigenvalue weighted by molar-refractivity contribution is 5.76. The molecule has 1 fully saturated rings. The number of nitrogens with zero attached hydrogens (tertiary/aromatic N) is 1. The summed E-state index contributed by atoms with van der Waals surface area (Å²) in [6.07, 6.45) is 1.26. The Morgan fingerprint density at radius 3 is 2.79 bits per heavy atom. The molecule has 2 N–H and O–H groups in total. The summed E-state index contributed by atoms with van der Waals surface area (Å²) in [4.78, 5) is 22.8. The van der Waals surface area contributed by atoms with Gasteiger partial charge in [-0.15, -0.1) is 0 Å². The Labute approximate surface area is 161 Å². The second-order valence-corrected chi connectivity index (χ2v) is 6.87. The Balaban J connectivity index is 1.62. The summed E-state index contributed by atoms with van der Waals surface area (Å²) >= 11 is 0. The predicted molar refractivity (Wildman–Crippen MR) is 99.9 cm³/mol. The number of aryl methyl sites for hydroxylation is 1. The normalized spacial score (nSPS) is 19.2. The van der Waals surface area contributed by atoms with Gasteiger partial charge in [0.25, 0.3) is 5.69 Å². The number of benzene rings is 2. The van der Waals surface area contributed by atoms with Crippen LogP contribution in [0.1, 0.15) is 29.9 Å². The maximum Gasteiger partial charge on any atom is 0.269 e. The summed E-state index contributed by atoms with van der Waals surface area (Å²) in [5, 5.41) is 17.0. The van der Waals surface area contributed by atoms with E-state index >= 15 is 0 Å². The molecule has 0 spiro atoms. The van der Waals surface area contributed by atoms with E-state index in [2.05, 4.69) is 10.6 Å². The lowest BCUT2D eigenvalue weighted by Crippen LogP contribution is -2.50. The number of hydrogen-bond acceptors (Lipinski definition) is 4. The monoisotopic (exact) mass is 389 g/mol. The number of hydrogen-bond donors (Lipinski definition) is 2. The first-order valence-electron chi connectivity index (χ1n) is 9.12. The molecule has 2 aromatic rings. The van der Waals surface area contributed by atoms with Crippen molar-refractivity contribution in [3.63, 3.8) is 0 Å². The van der Waals surface area contributed by atoms with Crippen molar-refractivity contribution in [2.24, 2.45) is 0 Å². The molecule has 2 unspecified atom stereocenters. The maximum absolute atomic E-state index is 13.6. The third kappa shape index (κ3) is 4.89. The summed E-state index contributed by atoms with van der Waals surface area (Å²) in [6, 6.07) is 9.81. The third-order valence-corrected chi connectivity index (χ3v) is 4.96. The first kappa shape index (κ1) is 19.9. The number of nitrogens with one attached hydrogen (secondary N) is 2. The number of carbonyl (C=O) groups excluding carboxylic acids is 1. The number of carbonyl (C=O) groups is 1. The molecule has 0 aliphatic carbocycles. The van der Waals surface area contributed by atoms with Crippen LogP contribution >= 0.6 is 0 Å². The molecule has 6 nitrogen and oxygen atoms in total. The minimum Gasteiger partial charge on any atom is -0.351 e. The number of piperidine rings is 1. The van der Waals surface area contributed by atoms with Crippen LogP contribution in [0.3, 0.4) is 0 Å². The molecule has 1 heterocycles. The molecule has 1 aliphatic heterocycles. The van der Waals surface area contributed by atoms with Crippen LogP contribution in [0.15, 0.2) is 42.5 Å². The maximum atomic E-state index is 13.6. The van der Waals surface area contributed by atoms with Gasteiger partial charge in [-0.1, -0.05) is 18.2 Å². The minimum absolute atomic E-state index is 0.00668. The summed E-state index contributed by atoms with van der Waals surface area (Å²) < 4.78 is 26.8. The molecular weight excluding hydrogens is 368 g/mol. The molecule has 3 rings (SSSR count). The second-order valence-electron chi connectivity index (χ2n) is 6.87. The molecule has 0 aromatic heterocycles. The fourth-order valence-corrected chi connectivity index (χ4v) is 3.51. The summed E-state index contributed by atoms with van der Waals surface area (Å²) in [6.45, 7) is 1.26. The third-order valence-electron chi connectivity index (χ3n) is 4.96. The molecule has 148 valence electrons. The lowest BCUT2D eigenvalue weighted by molar-refractivity contribution is -0.384. The molecular formula is C20H21F2N3O3. The predicted octanol–water partition coefficient (Wildman–Crippen LogP) is 3.07. The number of halogens is 2. The average Bonchev–Trinajstić information content (AvgIpc) is 2.69. The number of nitro groups is 1. The van der Waals surface area contributed by atoms with E-state index in [9.17, 15) is 23.7 Å². The first-order chi connectivity index (χ1) is 13.4. The molecule has 1 amide bonds. The van der Waals surface area contributed by atoms with E-state index in [4.69, 9.17) is 0 Å². The van der Waals surface area contributed by atoms with Crippen LogP contribution in [-0.4, -0.2) is 30.0 Å². The fourth-order valence-electron chi connectivity index (χ4n) is 3.51. The van der Waals surface area contributed by atoms with Gasteiger partial charge in [0.1, 0.15) is 0 Å².